The van der Waals surface area contributed by atoms with Gasteiger partial charge in [-0.2, -0.15) is 5.10 Å². The second kappa shape index (κ2) is 6.80. The van der Waals surface area contributed by atoms with Gasteiger partial charge in [-0.25, -0.2) is 0 Å². The van der Waals surface area contributed by atoms with Crippen molar-refractivity contribution in [3.05, 3.63) is 90.6 Å². The van der Waals surface area contributed by atoms with E-state index in [9.17, 15) is 5.11 Å². The van der Waals surface area contributed by atoms with Gasteiger partial charge in [0, 0.05) is 42.8 Å². The molecule has 0 fully saturated rings. The molecule has 130 valence electrons. The number of phenolic OH excluding ortho intramolecular Hbond substituents is 1. The summed E-state index contributed by atoms with van der Waals surface area (Å²) in [7, 11) is 1.89. The summed E-state index contributed by atoms with van der Waals surface area (Å²) in [6.07, 6.45) is 7.91. The van der Waals surface area contributed by atoms with Crippen LogP contribution in [-0.2, 0) is 7.05 Å². The number of anilines is 1. The Bertz CT molecular complexity index is 956. The van der Waals surface area contributed by atoms with E-state index in [4.69, 9.17) is 4.74 Å². The molecule has 0 saturated heterocycles. The van der Waals surface area contributed by atoms with Crippen molar-refractivity contribution in [2.75, 3.05) is 11.4 Å². The van der Waals surface area contributed by atoms with Gasteiger partial charge in [0.2, 0.25) is 0 Å². The van der Waals surface area contributed by atoms with Gasteiger partial charge in [-0.3, -0.25) is 4.68 Å². The normalized spacial score (nSPS) is 14.0. The molecule has 0 atom stereocenters. The fraction of sp³-hybridized carbons (Fsp3) is 0.0952. The van der Waals surface area contributed by atoms with Crippen LogP contribution in [0.5, 0.6) is 11.5 Å². The molecule has 0 bridgehead atoms. The Labute approximate surface area is 152 Å². The Balaban J connectivity index is 1.69. The highest BCUT2D eigenvalue weighted by atomic mass is 16.5. The van der Waals surface area contributed by atoms with Gasteiger partial charge in [-0.15, -0.1) is 0 Å². The predicted molar refractivity (Wildman–Crippen MR) is 102 cm³/mol. The van der Waals surface area contributed by atoms with Gasteiger partial charge in [0.1, 0.15) is 17.3 Å². The van der Waals surface area contributed by atoms with E-state index in [-0.39, 0.29) is 5.75 Å². The molecule has 2 heterocycles. The van der Waals surface area contributed by atoms with Crippen LogP contribution in [0.1, 0.15) is 5.56 Å². The number of benzene rings is 2. The van der Waals surface area contributed by atoms with Crippen LogP contribution in [0, 0.1) is 0 Å². The summed E-state index contributed by atoms with van der Waals surface area (Å²) >= 11 is 0. The summed E-state index contributed by atoms with van der Waals surface area (Å²) < 4.78 is 7.90. The molecular formula is C21H19N3O2. The molecule has 2 aromatic carbocycles. The Morgan fingerprint density at radius 1 is 1.04 bits per heavy atom. The summed E-state index contributed by atoms with van der Waals surface area (Å²) in [6.45, 7) is 0.677. The first-order chi connectivity index (χ1) is 12.7. The number of rotatable bonds is 4. The third-order valence-corrected chi connectivity index (χ3v) is 4.19. The molecule has 0 aliphatic carbocycles. The summed E-state index contributed by atoms with van der Waals surface area (Å²) in [4.78, 5) is 2.11. The summed E-state index contributed by atoms with van der Waals surface area (Å²) in [6, 6.07) is 16.9. The number of aromatic hydroxyl groups is 1. The quantitative estimate of drug-likeness (QED) is 0.778. The Hall–Kier alpha value is -3.47. The molecule has 1 N–H and O–H groups in total. The van der Waals surface area contributed by atoms with Crippen LogP contribution in [0.15, 0.2) is 85.0 Å². The molecule has 4 rings (SSSR count). The monoisotopic (exact) mass is 345 g/mol. The average Bonchev–Trinajstić information content (AvgIpc) is 3.10. The molecule has 1 aliphatic heterocycles. The number of nitrogens with zero attached hydrogens (tertiary/aromatic N) is 3. The highest BCUT2D eigenvalue weighted by Crippen LogP contribution is 2.31. The average molecular weight is 345 g/mol. The standard InChI is InChI=1S/C21H19N3O2/c1-23-14-16(13-22-23)20-15-24(17-7-9-18(25)10-8-17)12-11-21(20)26-19-5-3-2-4-6-19/h2-11,13-15,25H,12H2,1H3. The molecule has 1 aliphatic rings. The molecule has 1 aromatic heterocycles. The Kier molecular flexibility index (Phi) is 4.19. The maximum atomic E-state index is 9.52. The van der Waals surface area contributed by atoms with Gasteiger partial charge in [0.15, 0.2) is 0 Å². The van der Waals surface area contributed by atoms with E-state index in [0.717, 1.165) is 28.3 Å². The van der Waals surface area contributed by atoms with Crippen LogP contribution in [-0.4, -0.2) is 21.4 Å². The van der Waals surface area contributed by atoms with Crippen molar-refractivity contribution in [2.24, 2.45) is 7.05 Å². The summed E-state index contributed by atoms with van der Waals surface area (Å²) in [5.41, 5.74) is 2.94. The van der Waals surface area contributed by atoms with Crippen LogP contribution in [0.25, 0.3) is 5.57 Å². The SMILES string of the molecule is Cn1cc(C2=CN(c3ccc(O)cc3)CC=C2Oc2ccccc2)cn1. The van der Waals surface area contributed by atoms with E-state index in [1.165, 1.54) is 0 Å². The zero-order chi connectivity index (χ0) is 17.9. The number of hydrogen-bond acceptors (Lipinski definition) is 4. The van der Waals surface area contributed by atoms with E-state index in [1.807, 2.05) is 61.9 Å². The van der Waals surface area contributed by atoms with Crippen LogP contribution < -0.4 is 9.64 Å². The molecule has 0 saturated carbocycles. The first kappa shape index (κ1) is 16.0. The van der Waals surface area contributed by atoms with Crippen molar-refractivity contribution in [1.82, 2.24) is 9.78 Å². The second-order valence-electron chi connectivity index (χ2n) is 6.10. The number of aryl methyl sites for hydroxylation is 1. The van der Waals surface area contributed by atoms with Crippen LogP contribution in [0.3, 0.4) is 0 Å². The number of ether oxygens (including phenoxy) is 1. The number of aromatic nitrogens is 2. The minimum atomic E-state index is 0.255. The molecule has 0 amide bonds. The topological polar surface area (TPSA) is 50.5 Å². The number of phenols is 1. The maximum absolute atomic E-state index is 9.52. The third-order valence-electron chi connectivity index (χ3n) is 4.19. The Morgan fingerprint density at radius 3 is 2.50 bits per heavy atom. The molecule has 5 heteroatoms. The van der Waals surface area contributed by atoms with E-state index in [2.05, 4.69) is 22.3 Å². The molecule has 0 radical (unpaired) electrons. The minimum Gasteiger partial charge on any atom is -0.508 e. The van der Waals surface area contributed by atoms with Gasteiger partial charge in [0.25, 0.3) is 0 Å². The summed E-state index contributed by atoms with van der Waals surface area (Å²) in [5.74, 6) is 1.86. The van der Waals surface area contributed by atoms with Crippen molar-refractivity contribution in [2.45, 2.75) is 0 Å². The van der Waals surface area contributed by atoms with E-state index < -0.39 is 0 Å². The predicted octanol–water partition coefficient (Wildman–Crippen LogP) is 3.95. The lowest BCUT2D eigenvalue weighted by Crippen LogP contribution is -2.22. The fourth-order valence-corrected chi connectivity index (χ4v) is 2.88. The van der Waals surface area contributed by atoms with Crippen molar-refractivity contribution in [1.29, 1.82) is 0 Å². The first-order valence-corrected chi connectivity index (χ1v) is 8.39. The lowest BCUT2D eigenvalue weighted by atomic mass is 10.1. The highest BCUT2D eigenvalue weighted by Gasteiger charge is 2.19. The fourth-order valence-electron chi connectivity index (χ4n) is 2.88. The van der Waals surface area contributed by atoms with E-state index >= 15 is 0 Å². The number of hydrogen-bond donors (Lipinski definition) is 1. The van der Waals surface area contributed by atoms with Crippen molar-refractivity contribution < 1.29 is 9.84 Å². The van der Waals surface area contributed by atoms with Crippen molar-refractivity contribution in [3.63, 3.8) is 0 Å². The summed E-state index contributed by atoms with van der Waals surface area (Å²) in [5, 5.41) is 13.8. The molecule has 0 unspecified atom stereocenters. The van der Waals surface area contributed by atoms with Crippen LogP contribution >= 0.6 is 0 Å². The largest absolute Gasteiger partial charge is 0.508 e. The van der Waals surface area contributed by atoms with Crippen molar-refractivity contribution >= 4 is 11.3 Å². The van der Waals surface area contributed by atoms with E-state index in [1.54, 1.807) is 16.8 Å². The maximum Gasteiger partial charge on any atom is 0.134 e. The van der Waals surface area contributed by atoms with Gasteiger partial charge in [0.05, 0.1) is 6.20 Å². The zero-order valence-corrected chi connectivity index (χ0v) is 14.4. The van der Waals surface area contributed by atoms with E-state index in [0.29, 0.717) is 6.54 Å². The minimum absolute atomic E-state index is 0.255. The van der Waals surface area contributed by atoms with Gasteiger partial charge in [-0.1, -0.05) is 18.2 Å². The highest BCUT2D eigenvalue weighted by molar-refractivity contribution is 5.81. The molecule has 0 spiro atoms. The first-order valence-electron chi connectivity index (χ1n) is 8.39. The molecule has 26 heavy (non-hydrogen) atoms. The number of para-hydroxylation sites is 1. The second-order valence-corrected chi connectivity index (χ2v) is 6.10. The third kappa shape index (κ3) is 3.32. The molecule has 3 aromatic rings. The lowest BCUT2D eigenvalue weighted by Gasteiger charge is -2.26. The van der Waals surface area contributed by atoms with Crippen molar-refractivity contribution in [3.8, 4) is 11.5 Å². The zero-order valence-electron chi connectivity index (χ0n) is 14.4. The molecule has 5 nitrogen and oxygen atoms in total. The number of allylic oxidation sites excluding steroid dienone is 1. The van der Waals surface area contributed by atoms with Crippen LogP contribution in [0.2, 0.25) is 0 Å². The van der Waals surface area contributed by atoms with Gasteiger partial charge >= 0.3 is 0 Å². The van der Waals surface area contributed by atoms with Gasteiger partial charge < -0.3 is 14.7 Å². The smallest absolute Gasteiger partial charge is 0.134 e. The van der Waals surface area contributed by atoms with Gasteiger partial charge in [-0.05, 0) is 42.5 Å². The molecular weight excluding hydrogens is 326 g/mol. The Morgan fingerprint density at radius 2 is 1.81 bits per heavy atom. The lowest BCUT2D eigenvalue weighted by molar-refractivity contribution is 0.445. The van der Waals surface area contributed by atoms with Crippen LogP contribution in [0.4, 0.5) is 5.69 Å².